The molecule has 0 bridgehead atoms. The van der Waals surface area contributed by atoms with Crippen molar-refractivity contribution in [2.75, 3.05) is 7.11 Å². The van der Waals surface area contributed by atoms with Gasteiger partial charge in [-0.15, -0.1) is 0 Å². The van der Waals surface area contributed by atoms with Gasteiger partial charge in [0, 0.05) is 17.0 Å². The first-order valence-corrected chi connectivity index (χ1v) is 11.3. The molecule has 0 amide bonds. The highest BCUT2D eigenvalue weighted by atomic mass is 28.3. The van der Waals surface area contributed by atoms with Crippen molar-refractivity contribution in [3.8, 4) is 11.5 Å². The van der Waals surface area contributed by atoms with Gasteiger partial charge in [0.2, 0.25) is 0 Å². The highest BCUT2D eigenvalue weighted by molar-refractivity contribution is 6.75. The maximum Gasteiger partial charge on any atom is 0.162 e. The quantitative estimate of drug-likeness (QED) is 0.622. The molecular weight excluding hydrogens is 302 g/mol. The maximum atomic E-state index is 5.99. The van der Waals surface area contributed by atoms with Gasteiger partial charge in [-0.1, -0.05) is 50.0 Å². The van der Waals surface area contributed by atoms with Crippen LogP contribution < -0.4 is 9.47 Å². The predicted octanol–water partition coefficient (Wildman–Crippen LogP) is 4.91. The van der Waals surface area contributed by atoms with E-state index in [1.807, 2.05) is 18.2 Å². The Morgan fingerprint density at radius 1 is 0.957 bits per heavy atom. The van der Waals surface area contributed by atoms with Gasteiger partial charge in [-0.05, 0) is 23.9 Å². The molecule has 2 aromatic carbocycles. The number of methoxy groups -OCH3 is 1. The summed E-state index contributed by atoms with van der Waals surface area (Å²) in [5, 5.41) is 1.19. The summed E-state index contributed by atoms with van der Waals surface area (Å²) in [5.74, 6) is 1.57. The number of hydrogen-bond donors (Lipinski definition) is 0. The van der Waals surface area contributed by atoms with Crippen molar-refractivity contribution in [2.45, 2.75) is 26.2 Å². The van der Waals surface area contributed by atoms with Crippen LogP contribution in [0.4, 0.5) is 0 Å². The number of benzene rings is 2. The van der Waals surface area contributed by atoms with Crippen LogP contribution in [-0.2, 0) is 6.61 Å². The van der Waals surface area contributed by atoms with Gasteiger partial charge in [-0.2, -0.15) is 0 Å². The molecule has 3 rings (SSSR count). The van der Waals surface area contributed by atoms with Crippen molar-refractivity contribution in [3.63, 3.8) is 0 Å². The van der Waals surface area contributed by atoms with Crippen LogP contribution in [-0.4, -0.2) is 19.6 Å². The molecule has 0 fully saturated rings. The lowest BCUT2D eigenvalue weighted by atomic mass is 10.2. The van der Waals surface area contributed by atoms with Crippen molar-refractivity contribution < 1.29 is 9.47 Å². The van der Waals surface area contributed by atoms with Crippen LogP contribution in [0.5, 0.6) is 11.5 Å². The molecule has 1 aromatic heterocycles. The Morgan fingerprint density at radius 3 is 2.35 bits per heavy atom. The summed E-state index contributed by atoms with van der Waals surface area (Å²) in [6.07, 6.45) is 2.18. The van der Waals surface area contributed by atoms with E-state index in [2.05, 4.69) is 60.4 Å². The molecule has 0 aliphatic carbocycles. The molecular formula is C19H23NO2Si. The number of rotatable bonds is 5. The summed E-state index contributed by atoms with van der Waals surface area (Å²) in [5.41, 5.74) is 2.36. The average molecular weight is 325 g/mol. The van der Waals surface area contributed by atoms with E-state index < -0.39 is 8.24 Å². The lowest BCUT2D eigenvalue weighted by Crippen LogP contribution is -2.30. The van der Waals surface area contributed by atoms with Crippen LogP contribution in [0.25, 0.3) is 10.9 Å². The molecule has 1 heterocycles. The molecule has 3 aromatic rings. The SMILES string of the molecule is COc1cc2c(ccn2[Si](C)(C)C)cc1OCc1ccccc1. The fourth-order valence-electron chi connectivity index (χ4n) is 2.73. The summed E-state index contributed by atoms with van der Waals surface area (Å²) < 4.78 is 13.9. The van der Waals surface area contributed by atoms with E-state index in [0.717, 1.165) is 17.1 Å². The van der Waals surface area contributed by atoms with Crippen molar-refractivity contribution in [2.24, 2.45) is 0 Å². The molecule has 3 nitrogen and oxygen atoms in total. The monoisotopic (exact) mass is 325 g/mol. The summed E-state index contributed by atoms with van der Waals surface area (Å²) in [6, 6.07) is 16.5. The zero-order chi connectivity index (χ0) is 16.4. The van der Waals surface area contributed by atoms with Gasteiger partial charge in [-0.3, -0.25) is 0 Å². The van der Waals surface area contributed by atoms with Gasteiger partial charge in [0.1, 0.15) is 6.61 Å². The summed E-state index contributed by atoms with van der Waals surface area (Å²) in [4.78, 5) is 0. The topological polar surface area (TPSA) is 23.4 Å². The third kappa shape index (κ3) is 3.27. The second kappa shape index (κ2) is 6.12. The first-order valence-electron chi connectivity index (χ1n) is 7.85. The van der Waals surface area contributed by atoms with Crippen molar-refractivity contribution in [1.29, 1.82) is 0 Å². The first-order chi connectivity index (χ1) is 11.0. The normalized spacial score (nSPS) is 11.7. The second-order valence-corrected chi connectivity index (χ2v) is 11.5. The Kier molecular flexibility index (Phi) is 4.18. The molecule has 4 heteroatoms. The van der Waals surface area contributed by atoms with E-state index in [1.54, 1.807) is 7.11 Å². The Balaban J connectivity index is 1.95. The van der Waals surface area contributed by atoms with Gasteiger partial charge in [0.15, 0.2) is 19.7 Å². The number of nitrogens with zero attached hydrogens (tertiary/aromatic N) is 1. The number of fused-ring (bicyclic) bond motifs is 1. The summed E-state index contributed by atoms with van der Waals surface area (Å²) in [6.45, 7) is 7.54. The average Bonchev–Trinajstić information content (AvgIpc) is 2.95. The standard InChI is InChI=1S/C19H23NO2Si/c1-21-18-13-17-16(10-11-20(17)23(2,3)4)12-19(18)22-14-15-8-6-5-7-9-15/h5-13H,14H2,1-4H3. The molecule has 0 atom stereocenters. The molecule has 0 spiro atoms. The molecule has 120 valence electrons. The molecule has 0 aliphatic rings. The minimum absolute atomic E-state index is 0.539. The van der Waals surface area contributed by atoms with Gasteiger partial charge < -0.3 is 13.7 Å². The summed E-state index contributed by atoms with van der Waals surface area (Å²) in [7, 11) is 0.243. The Labute approximate surface area is 138 Å². The van der Waals surface area contributed by atoms with E-state index >= 15 is 0 Å². The highest BCUT2D eigenvalue weighted by Gasteiger charge is 2.19. The third-order valence-corrected chi connectivity index (χ3v) is 5.77. The van der Waals surface area contributed by atoms with E-state index in [-0.39, 0.29) is 0 Å². The molecule has 0 radical (unpaired) electrons. The van der Waals surface area contributed by atoms with Crippen molar-refractivity contribution >= 4 is 19.1 Å². The second-order valence-electron chi connectivity index (χ2n) is 6.69. The minimum Gasteiger partial charge on any atom is -0.493 e. The number of ether oxygens (including phenoxy) is 2. The third-order valence-electron chi connectivity index (χ3n) is 3.94. The van der Waals surface area contributed by atoms with E-state index in [0.29, 0.717) is 6.61 Å². The van der Waals surface area contributed by atoms with Crippen LogP contribution in [0.15, 0.2) is 54.7 Å². The van der Waals surface area contributed by atoms with Gasteiger partial charge in [0.25, 0.3) is 0 Å². The first kappa shape index (κ1) is 15.7. The number of aromatic nitrogens is 1. The van der Waals surface area contributed by atoms with E-state index in [9.17, 15) is 0 Å². The van der Waals surface area contributed by atoms with E-state index in [4.69, 9.17) is 9.47 Å². The number of hydrogen-bond acceptors (Lipinski definition) is 2. The van der Waals surface area contributed by atoms with Gasteiger partial charge >= 0.3 is 0 Å². The Hall–Kier alpha value is -2.20. The lowest BCUT2D eigenvalue weighted by molar-refractivity contribution is 0.285. The molecule has 0 aliphatic heterocycles. The smallest absolute Gasteiger partial charge is 0.162 e. The fourth-order valence-corrected chi connectivity index (χ4v) is 4.17. The molecule has 0 saturated carbocycles. The zero-order valence-corrected chi connectivity index (χ0v) is 15.2. The van der Waals surface area contributed by atoms with Gasteiger partial charge in [-0.25, -0.2) is 0 Å². The molecule has 0 N–H and O–H groups in total. The minimum atomic E-state index is -1.45. The van der Waals surface area contributed by atoms with Crippen LogP contribution in [0.1, 0.15) is 5.56 Å². The van der Waals surface area contributed by atoms with Crippen molar-refractivity contribution in [3.05, 3.63) is 60.3 Å². The Bertz CT molecular complexity index is 803. The highest BCUT2D eigenvalue weighted by Crippen LogP contribution is 2.34. The largest absolute Gasteiger partial charge is 0.493 e. The van der Waals surface area contributed by atoms with Crippen molar-refractivity contribution in [1.82, 2.24) is 4.23 Å². The maximum absolute atomic E-state index is 5.99. The molecule has 0 unspecified atom stereocenters. The molecule has 23 heavy (non-hydrogen) atoms. The van der Waals surface area contributed by atoms with Gasteiger partial charge in [0.05, 0.1) is 7.11 Å². The van der Waals surface area contributed by atoms with Crippen LogP contribution in [0, 0.1) is 0 Å². The summed E-state index contributed by atoms with van der Waals surface area (Å²) >= 11 is 0. The predicted molar refractivity (Wildman–Crippen MR) is 98.0 cm³/mol. The zero-order valence-electron chi connectivity index (χ0n) is 14.2. The molecule has 0 saturated heterocycles. The van der Waals surface area contributed by atoms with Crippen LogP contribution in [0.2, 0.25) is 19.6 Å². The Morgan fingerprint density at radius 2 is 1.70 bits per heavy atom. The van der Waals surface area contributed by atoms with Crippen LogP contribution >= 0.6 is 0 Å². The van der Waals surface area contributed by atoms with E-state index in [1.165, 1.54) is 10.9 Å². The fraction of sp³-hybridized carbons (Fsp3) is 0.263. The van der Waals surface area contributed by atoms with Crippen LogP contribution in [0.3, 0.4) is 0 Å². The lowest BCUT2D eigenvalue weighted by Gasteiger charge is -2.20.